The first-order valence-corrected chi connectivity index (χ1v) is 11.7. The molecular formula is C24H28ClN5O4. The lowest BCUT2D eigenvalue weighted by molar-refractivity contribution is -0.117. The zero-order chi connectivity index (χ0) is 23.9. The number of para-hydroxylation sites is 1. The highest BCUT2D eigenvalue weighted by molar-refractivity contribution is 6.30. The fourth-order valence-corrected chi connectivity index (χ4v) is 4.09. The molecule has 0 atom stereocenters. The van der Waals surface area contributed by atoms with Crippen LogP contribution < -0.4 is 10.6 Å². The smallest absolute Gasteiger partial charge is 0.320 e. The lowest BCUT2D eigenvalue weighted by atomic mass is 10.1. The number of hydrogen-bond acceptors (Lipinski definition) is 5. The molecule has 0 aromatic heterocycles. The van der Waals surface area contributed by atoms with Crippen LogP contribution in [0.25, 0.3) is 0 Å². The van der Waals surface area contributed by atoms with E-state index in [2.05, 4.69) is 10.6 Å². The molecule has 34 heavy (non-hydrogen) atoms. The maximum Gasteiger partial charge on any atom is 0.320 e. The van der Waals surface area contributed by atoms with E-state index in [1.165, 1.54) is 0 Å². The highest BCUT2D eigenvalue weighted by atomic mass is 35.5. The van der Waals surface area contributed by atoms with E-state index in [-0.39, 0.29) is 24.4 Å². The topological polar surface area (TPSA) is 94.2 Å². The largest absolute Gasteiger partial charge is 0.378 e. The Kier molecular flexibility index (Phi) is 7.99. The van der Waals surface area contributed by atoms with Gasteiger partial charge in [0.2, 0.25) is 5.91 Å². The van der Waals surface area contributed by atoms with Crippen LogP contribution in [-0.4, -0.2) is 91.6 Å². The van der Waals surface area contributed by atoms with Crippen LogP contribution in [0.2, 0.25) is 5.02 Å². The van der Waals surface area contributed by atoms with Gasteiger partial charge >= 0.3 is 6.03 Å². The van der Waals surface area contributed by atoms with Crippen molar-refractivity contribution >= 4 is 40.8 Å². The van der Waals surface area contributed by atoms with Gasteiger partial charge in [-0.3, -0.25) is 14.5 Å². The molecule has 180 valence electrons. The minimum Gasteiger partial charge on any atom is -0.378 e. The number of benzene rings is 2. The van der Waals surface area contributed by atoms with E-state index >= 15 is 0 Å². The molecule has 2 fully saturated rings. The number of morpholine rings is 1. The number of urea groups is 1. The summed E-state index contributed by atoms with van der Waals surface area (Å²) >= 11 is 5.90. The van der Waals surface area contributed by atoms with Crippen molar-refractivity contribution in [3.8, 4) is 0 Å². The molecule has 0 unspecified atom stereocenters. The first-order chi connectivity index (χ1) is 16.5. The van der Waals surface area contributed by atoms with Crippen LogP contribution in [0, 0.1) is 0 Å². The van der Waals surface area contributed by atoms with E-state index in [4.69, 9.17) is 16.3 Å². The van der Waals surface area contributed by atoms with Gasteiger partial charge in [0.05, 0.1) is 31.0 Å². The van der Waals surface area contributed by atoms with E-state index in [1.807, 2.05) is 14.7 Å². The van der Waals surface area contributed by atoms with Crippen LogP contribution in [0.3, 0.4) is 0 Å². The molecule has 0 saturated carbocycles. The van der Waals surface area contributed by atoms with Crippen molar-refractivity contribution in [2.45, 2.75) is 0 Å². The van der Waals surface area contributed by atoms with Crippen molar-refractivity contribution in [1.82, 2.24) is 14.7 Å². The molecule has 0 bridgehead atoms. The predicted octanol–water partition coefficient (Wildman–Crippen LogP) is 2.60. The number of piperazine rings is 1. The lowest BCUT2D eigenvalue weighted by Gasteiger charge is -2.38. The number of nitrogens with zero attached hydrogens (tertiary/aromatic N) is 3. The summed E-state index contributed by atoms with van der Waals surface area (Å²) in [5.41, 5.74) is 1.42. The molecule has 2 aliphatic rings. The van der Waals surface area contributed by atoms with Gasteiger partial charge in [0.1, 0.15) is 0 Å². The molecule has 0 aliphatic carbocycles. The molecule has 2 heterocycles. The fourth-order valence-electron chi connectivity index (χ4n) is 3.97. The summed E-state index contributed by atoms with van der Waals surface area (Å²) in [4.78, 5) is 43.8. The lowest BCUT2D eigenvalue weighted by Crippen LogP contribution is -2.55. The maximum absolute atomic E-state index is 12.8. The molecule has 0 radical (unpaired) electrons. The third kappa shape index (κ3) is 6.25. The molecule has 4 amide bonds. The van der Waals surface area contributed by atoms with Crippen LogP contribution in [0.4, 0.5) is 16.2 Å². The zero-order valence-electron chi connectivity index (χ0n) is 18.8. The second-order valence-electron chi connectivity index (χ2n) is 8.20. The summed E-state index contributed by atoms with van der Waals surface area (Å²) < 4.78 is 5.31. The third-order valence-corrected chi connectivity index (χ3v) is 6.09. The van der Waals surface area contributed by atoms with Crippen molar-refractivity contribution in [2.75, 3.05) is 69.7 Å². The predicted molar refractivity (Wildman–Crippen MR) is 130 cm³/mol. The Bertz CT molecular complexity index is 1020. The van der Waals surface area contributed by atoms with Crippen molar-refractivity contribution in [1.29, 1.82) is 0 Å². The summed E-state index contributed by atoms with van der Waals surface area (Å²) in [5.74, 6) is -0.534. The Balaban J connectivity index is 1.28. The molecule has 2 N–H and O–H groups in total. The number of amides is 4. The average molecular weight is 486 g/mol. The highest BCUT2D eigenvalue weighted by Crippen LogP contribution is 2.19. The molecule has 2 aromatic carbocycles. The number of hydrogen-bond donors (Lipinski definition) is 2. The Hall–Kier alpha value is -3.14. The zero-order valence-corrected chi connectivity index (χ0v) is 19.6. The second-order valence-corrected chi connectivity index (χ2v) is 8.64. The summed E-state index contributed by atoms with van der Waals surface area (Å²) in [6.07, 6.45) is 0. The summed E-state index contributed by atoms with van der Waals surface area (Å²) in [5, 5.41) is 6.25. The van der Waals surface area contributed by atoms with Crippen molar-refractivity contribution < 1.29 is 19.1 Å². The Morgan fingerprint density at radius 2 is 1.47 bits per heavy atom. The van der Waals surface area contributed by atoms with E-state index in [9.17, 15) is 14.4 Å². The van der Waals surface area contributed by atoms with Crippen LogP contribution in [0.15, 0.2) is 48.5 Å². The van der Waals surface area contributed by atoms with Gasteiger partial charge in [0.15, 0.2) is 0 Å². The van der Waals surface area contributed by atoms with Crippen molar-refractivity contribution in [2.24, 2.45) is 0 Å². The number of ether oxygens (including phenoxy) is 1. The Morgan fingerprint density at radius 1 is 0.824 bits per heavy atom. The van der Waals surface area contributed by atoms with Gasteiger partial charge in [-0.05, 0) is 36.4 Å². The number of carbonyl (C=O) groups is 3. The normalized spacial score (nSPS) is 16.7. The minimum absolute atomic E-state index is 0.0352. The monoisotopic (exact) mass is 485 g/mol. The Labute approximate surface area is 203 Å². The molecule has 0 spiro atoms. The van der Waals surface area contributed by atoms with Gasteiger partial charge in [0.25, 0.3) is 5.91 Å². The van der Waals surface area contributed by atoms with E-state index < -0.39 is 0 Å². The van der Waals surface area contributed by atoms with Crippen LogP contribution in [0.5, 0.6) is 0 Å². The highest BCUT2D eigenvalue weighted by Gasteiger charge is 2.27. The van der Waals surface area contributed by atoms with E-state index in [0.29, 0.717) is 74.4 Å². The number of halogens is 1. The first-order valence-electron chi connectivity index (χ1n) is 11.3. The minimum atomic E-state index is -0.325. The van der Waals surface area contributed by atoms with Crippen LogP contribution >= 0.6 is 11.6 Å². The maximum atomic E-state index is 12.8. The quantitative estimate of drug-likeness (QED) is 0.679. The van der Waals surface area contributed by atoms with Crippen LogP contribution in [0.1, 0.15) is 10.4 Å². The first kappa shape index (κ1) is 24.0. The molecule has 2 saturated heterocycles. The molecule has 9 nitrogen and oxygen atoms in total. The van der Waals surface area contributed by atoms with Gasteiger partial charge in [-0.2, -0.15) is 0 Å². The van der Waals surface area contributed by atoms with Gasteiger partial charge in [0, 0.05) is 50.0 Å². The Morgan fingerprint density at radius 3 is 2.18 bits per heavy atom. The average Bonchev–Trinajstić information content (AvgIpc) is 2.86. The standard InChI is InChI=1S/C24H28ClN5O4/c25-18-5-7-19(8-6-18)26-23(32)20-3-1-2-4-21(20)27-22(31)17-28-9-11-29(12-10-28)24(33)30-13-15-34-16-14-30/h1-8H,9-17H2,(H,26,32)(H,27,31). The van der Waals surface area contributed by atoms with Gasteiger partial charge in [-0.25, -0.2) is 4.79 Å². The summed E-state index contributed by atoms with van der Waals surface area (Å²) in [6, 6.07) is 13.7. The molecular weight excluding hydrogens is 458 g/mol. The number of nitrogens with one attached hydrogen (secondary N) is 2. The molecule has 2 aromatic rings. The SMILES string of the molecule is O=C(CN1CCN(C(=O)N2CCOCC2)CC1)Nc1ccccc1C(=O)Nc1ccc(Cl)cc1. The number of rotatable bonds is 5. The third-order valence-electron chi connectivity index (χ3n) is 5.84. The number of anilines is 2. The van der Waals surface area contributed by atoms with E-state index in [0.717, 1.165) is 0 Å². The van der Waals surface area contributed by atoms with Gasteiger partial charge in [-0.15, -0.1) is 0 Å². The summed E-state index contributed by atoms with van der Waals surface area (Å²) in [6.45, 7) is 4.94. The fraction of sp³-hybridized carbons (Fsp3) is 0.375. The van der Waals surface area contributed by atoms with E-state index in [1.54, 1.807) is 48.5 Å². The second kappa shape index (κ2) is 11.3. The van der Waals surface area contributed by atoms with Gasteiger partial charge in [-0.1, -0.05) is 23.7 Å². The molecule has 2 aliphatic heterocycles. The molecule has 10 heteroatoms. The van der Waals surface area contributed by atoms with Crippen molar-refractivity contribution in [3.05, 3.63) is 59.1 Å². The summed E-state index contributed by atoms with van der Waals surface area (Å²) in [7, 11) is 0. The molecule has 4 rings (SSSR count). The van der Waals surface area contributed by atoms with Gasteiger partial charge < -0.3 is 25.2 Å². The van der Waals surface area contributed by atoms with Crippen molar-refractivity contribution in [3.63, 3.8) is 0 Å². The van der Waals surface area contributed by atoms with Crippen LogP contribution in [-0.2, 0) is 9.53 Å². The number of carbonyl (C=O) groups excluding carboxylic acids is 3.